The molecular formula is C13H11ClOS. The van der Waals surface area contributed by atoms with Crippen molar-refractivity contribution in [1.82, 2.24) is 0 Å². The monoisotopic (exact) mass is 250 g/mol. The Kier molecular flexibility index (Phi) is 3.75. The zero-order valence-corrected chi connectivity index (χ0v) is 10.1. The molecule has 16 heavy (non-hydrogen) atoms. The lowest BCUT2D eigenvalue weighted by atomic mass is 10.2. The van der Waals surface area contributed by atoms with E-state index in [2.05, 4.69) is 0 Å². The molecule has 0 aliphatic rings. The number of hydrogen-bond acceptors (Lipinski definition) is 2. The third-order valence-electron chi connectivity index (χ3n) is 2.11. The van der Waals surface area contributed by atoms with Gasteiger partial charge in [0.25, 0.3) is 0 Å². The maximum absolute atomic E-state index is 9.32. The van der Waals surface area contributed by atoms with E-state index in [1.807, 2.05) is 36.4 Å². The number of hydrogen-bond donors (Lipinski definition) is 1. The van der Waals surface area contributed by atoms with Gasteiger partial charge in [0.15, 0.2) is 0 Å². The minimum absolute atomic E-state index is 0.302. The van der Waals surface area contributed by atoms with Crippen molar-refractivity contribution in [1.29, 1.82) is 0 Å². The van der Waals surface area contributed by atoms with E-state index in [1.165, 1.54) is 5.56 Å². The third kappa shape index (κ3) is 3.19. The van der Waals surface area contributed by atoms with Gasteiger partial charge < -0.3 is 5.11 Å². The van der Waals surface area contributed by atoms with E-state index in [9.17, 15) is 5.11 Å². The first-order chi connectivity index (χ1) is 7.74. The highest BCUT2D eigenvalue weighted by Crippen LogP contribution is 2.26. The quantitative estimate of drug-likeness (QED) is 0.818. The molecule has 2 aromatic rings. The predicted octanol–water partition coefficient (Wildman–Crippen LogP) is 4.34. The number of rotatable bonds is 3. The highest BCUT2D eigenvalue weighted by atomic mass is 35.5. The van der Waals surface area contributed by atoms with Crippen molar-refractivity contribution in [2.75, 3.05) is 0 Å². The standard InChI is InChI=1S/C13H11ClOS/c14-11-4-1-3-10(7-11)9-16-13-6-2-5-12(15)8-13/h1-8,15H,9H2. The summed E-state index contributed by atoms with van der Waals surface area (Å²) in [5, 5.41) is 10.1. The van der Waals surface area contributed by atoms with Crippen LogP contribution in [0.15, 0.2) is 53.4 Å². The summed E-state index contributed by atoms with van der Waals surface area (Å²) < 4.78 is 0. The molecule has 1 N–H and O–H groups in total. The maximum atomic E-state index is 9.32. The fourth-order valence-corrected chi connectivity index (χ4v) is 2.47. The first-order valence-corrected chi connectivity index (χ1v) is 6.27. The summed E-state index contributed by atoms with van der Waals surface area (Å²) in [7, 11) is 0. The lowest BCUT2D eigenvalue weighted by molar-refractivity contribution is 0.474. The van der Waals surface area contributed by atoms with E-state index in [0.717, 1.165) is 15.7 Å². The van der Waals surface area contributed by atoms with Gasteiger partial charge in [0.2, 0.25) is 0 Å². The number of halogens is 1. The van der Waals surface area contributed by atoms with E-state index in [1.54, 1.807) is 23.9 Å². The Labute approximate surface area is 104 Å². The van der Waals surface area contributed by atoms with Crippen molar-refractivity contribution in [3.05, 3.63) is 59.1 Å². The molecular weight excluding hydrogens is 240 g/mol. The number of thioether (sulfide) groups is 1. The van der Waals surface area contributed by atoms with Crippen LogP contribution in [0.1, 0.15) is 5.56 Å². The van der Waals surface area contributed by atoms with Crippen LogP contribution in [-0.2, 0) is 5.75 Å². The molecule has 0 amide bonds. The van der Waals surface area contributed by atoms with Crippen molar-refractivity contribution in [3.63, 3.8) is 0 Å². The SMILES string of the molecule is Oc1cccc(SCc2cccc(Cl)c2)c1. The van der Waals surface area contributed by atoms with Gasteiger partial charge in [-0.15, -0.1) is 11.8 Å². The smallest absolute Gasteiger partial charge is 0.116 e. The molecule has 0 fully saturated rings. The predicted molar refractivity (Wildman–Crippen MR) is 69.1 cm³/mol. The third-order valence-corrected chi connectivity index (χ3v) is 3.41. The Morgan fingerprint density at radius 1 is 1.06 bits per heavy atom. The summed E-state index contributed by atoms with van der Waals surface area (Å²) in [4.78, 5) is 1.06. The summed E-state index contributed by atoms with van der Waals surface area (Å²) in [6.07, 6.45) is 0. The Bertz CT molecular complexity index is 439. The zero-order chi connectivity index (χ0) is 11.4. The molecule has 0 atom stereocenters. The average Bonchev–Trinajstić information content (AvgIpc) is 2.27. The minimum atomic E-state index is 0.302. The van der Waals surface area contributed by atoms with Gasteiger partial charge in [-0.2, -0.15) is 0 Å². The Morgan fingerprint density at radius 3 is 2.62 bits per heavy atom. The van der Waals surface area contributed by atoms with Crippen molar-refractivity contribution in [3.8, 4) is 5.75 Å². The number of phenols is 1. The van der Waals surface area contributed by atoms with Gasteiger partial charge in [-0.1, -0.05) is 29.8 Å². The molecule has 1 nitrogen and oxygen atoms in total. The maximum Gasteiger partial charge on any atom is 0.116 e. The molecule has 0 saturated heterocycles. The summed E-state index contributed by atoms with van der Waals surface area (Å²) in [5.41, 5.74) is 1.18. The van der Waals surface area contributed by atoms with Gasteiger partial charge in [0.05, 0.1) is 0 Å². The van der Waals surface area contributed by atoms with Crippen LogP contribution in [0.5, 0.6) is 5.75 Å². The van der Waals surface area contributed by atoms with E-state index in [4.69, 9.17) is 11.6 Å². The van der Waals surface area contributed by atoms with Gasteiger partial charge >= 0.3 is 0 Å². The second kappa shape index (κ2) is 5.28. The summed E-state index contributed by atoms with van der Waals surface area (Å²) in [6.45, 7) is 0. The van der Waals surface area contributed by atoms with Crippen LogP contribution in [0.3, 0.4) is 0 Å². The molecule has 2 aromatic carbocycles. The zero-order valence-electron chi connectivity index (χ0n) is 8.56. The van der Waals surface area contributed by atoms with Gasteiger partial charge in [0, 0.05) is 15.7 Å². The van der Waals surface area contributed by atoms with E-state index in [0.29, 0.717) is 5.75 Å². The molecule has 2 rings (SSSR count). The molecule has 82 valence electrons. The van der Waals surface area contributed by atoms with Crippen LogP contribution in [0.25, 0.3) is 0 Å². The van der Waals surface area contributed by atoms with Crippen molar-refractivity contribution >= 4 is 23.4 Å². The van der Waals surface area contributed by atoms with Crippen molar-refractivity contribution < 1.29 is 5.11 Å². The Morgan fingerprint density at radius 2 is 1.88 bits per heavy atom. The summed E-state index contributed by atoms with van der Waals surface area (Å²) in [6, 6.07) is 15.1. The second-order valence-corrected chi connectivity index (χ2v) is 4.90. The van der Waals surface area contributed by atoms with Crippen LogP contribution in [0.4, 0.5) is 0 Å². The first kappa shape index (κ1) is 11.4. The number of aromatic hydroxyl groups is 1. The van der Waals surface area contributed by atoms with E-state index in [-0.39, 0.29) is 0 Å². The second-order valence-electron chi connectivity index (χ2n) is 3.42. The molecule has 0 saturated carbocycles. The molecule has 0 spiro atoms. The van der Waals surface area contributed by atoms with Crippen molar-refractivity contribution in [2.45, 2.75) is 10.6 Å². The first-order valence-electron chi connectivity index (χ1n) is 4.90. The van der Waals surface area contributed by atoms with Gasteiger partial charge in [-0.05, 0) is 35.9 Å². The molecule has 0 aromatic heterocycles. The molecule has 3 heteroatoms. The van der Waals surface area contributed by atoms with Gasteiger partial charge in [-0.3, -0.25) is 0 Å². The average molecular weight is 251 g/mol. The van der Waals surface area contributed by atoms with E-state index >= 15 is 0 Å². The molecule has 0 unspecified atom stereocenters. The van der Waals surface area contributed by atoms with Gasteiger partial charge in [0.1, 0.15) is 5.75 Å². The van der Waals surface area contributed by atoms with E-state index < -0.39 is 0 Å². The van der Waals surface area contributed by atoms with Crippen LogP contribution in [0.2, 0.25) is 5.02 Å². The normalized spacial score (nSPS) is 10.3. The fraction of sp³-hybridized carbons (Fsp3) is 0.0769. The molecule has 0 heterocycles. The number of benzene rings is 2. The highest BCUT2D eigenvalue weighted by molar-refractivity contribution is 7.98. The molecule has 0 radical (unpaired) electrons. The lowest BCUT2D eigenvalue weighted by Crippen LogP contribution is -1.80. The van der Waals surface area contributed by atoms with Crippen LogP contribution >= 0.6 is 23.4 Å². The molecule has 0 aliphatic heterocycles. The highest BCUT2D eigenvalue weighted by Gasteiger charge is 1.98. The Hall–Kier alpha value is -1.12. The topological polar surface area (TPSA) is 20.2 Å². The van der Waals surface area contributed by atoms with Crippen LogP contribution in [0, 0.1) is 0 Å². The fourth-order valence-electron chi connectivity index (χ4n) is 1.37. The van der Waals surface area contributed by atoms with Crippen molar-refractivity contribution in [2.24, 2.45) is 0 Å². The lowest BCUT2D eigenvalue weighted by Gasteiger charge is -2.03. The van der Waals surface area contributed by atoms with Crippen LogP contribution in [-0.4, -0.2) is 5.11 Å². The largest absolute Gasteiger partial charge is 0.508 e. The van der Waals surface area contributed by atoms with Gasteiger partial charge in [-0.25, -0.2) is 0 Å². The summed E-state index contributed by atoms with van der Waals surface area (Å²) >= 11 is 7.58. The van der Waals surface area contributed by atoms with Crippen LogP contribution < -0.4 is 0 Å². The minimum Gasteiger partial charge on any atom is -0.508 e. The number of phenolic OH excluding ortho intramolecular Hbond substituents is 1. The Balaban J connectivity index is 2.02. The molecule has 0 bridgehead atoms. The molecule has 0 aliphatic carbocycles. The summed E-state index contributed by atoms with van der Waals surface area (Å²) in [5.74, 6) is 1.15.